The number of amides is 1. The lowest BCUT2D eigenvalue weighted by atomic mass is 10.1. The number of carbonyl (C=O) groups is 1. The molecule has 0 saturated carbocycles. The second-order valence-electron chi connectivity index (χ2n) is 4.98. The molecule has 1 unspecified atom stereocenters. The average Bonchev–Trinajstić information content (AvgIpc) is 2.63. The molecule has 0 radical (unpaired) electrons. The molecule has 5 nitrogen and oxygen atoms in total. The molecule has 1 amide bonds. The van der Waals surface area contributed by atoms with Crippen LogP contribution in [0.4, 0.5) is 13.2 Å². The maximum Gasteiger partial charge on any atom is 0.416 e. The lowest BCUT2D eigenvalue weighted by Crippen LogP contribution is -2.45. The molecule has 122 valence electrons. The highest BCUT2D eigenvalue weighted by molar-refractivity contribution is 7.89. The van der Waals surface area contributed by atoms with Gasteiger partial charge in [-0.05, 0) is 43.5 Å². The van der Waals surface area contributed by atoms with E-state index in [2.05, 4.69) is 10.0 Å². The standard InChI is InChI=1S/C13H15F3N2O3S/c14-13(15,16)9-4-6-10(7-5-9)22(20,21)18-11-3-1-2-8-17-12(11)19/h4-7,11,18H,1-3,8H2,(H,17,19). The predicted molar refractivity (Wildman–Crippen MR) is 72.4 cm³/mol. The van der Waals surface area contributed by atoms with E-state index >= 15 is 0 Å². The first kappa shape index (κ1) is 16.8. The molecule has 1 fully saturated rings. The Balaban J connectivity index is 2.17. The molecule has 1 aromatic carbocycles. The van der Waals surface area contributed by atoms with Gasteiger partial charge in [-0.3, -0.25) is 4.79 Å². The summed E-state index contributed by atoms with van der Waals surface area (Å²) in [5.74, 6) is -0.423. The van der Waals surface area contributed by atoms with E-state index in [1.54, 1.807) is 0 Å². The summed E-state index contributed by atoms with van der Waals surface area (Å²) in [5, 5.41) is 2.58. The fourth-order valence-electron chi connectivity index (χ4n) is 2.13. The normalized spacial score (nSPS) is 20.3. The van der Waals surface area contributed by atoms with Gasteiger partial charge in [-0.25, -0.2) is 8.42 Å². The molecular formula is C13H15F3N2O3S. The number of carbonyl (C=O) groups excluding carboxylic acids is 1. The van der Waals surface area contributed by atoms with E-state index in [0.717, 1.165) is 18.6 Å². The average molecular weight is 336 g/mol. The van der Waals surface area contributed by atoms with E-state index in [1.165, 1.54) is 0 Å². The van der Waals surface area contributed by atoms with Gasteiger partial charge in [-0.2, -0.15) is 17.9 Å². The van der Waals surface area contributed by atoms with Crippen molar-refractivity contribution in [2.24, 2.45) is 0 Å². The van der Waals surface area contributed by atoms with E-state index in [4.69, 9.17) is 0 Å². The van der Waals surface area contributed by atoms with Crippen LogP contribution in [-0.4, -0.2) is 26.9 Å². The zero-order chi connectivity index (χ0) is 16.4. The highest BCUT2D eigenvalue weighted by Gasteiger charge is 2.31. The predicted octanol–water partition coefficient (Wildman–Crippen LogP) is 1.65. The smallest absolute Gasteiger partial charge is 0.355 e. The molecule has 1 aromatic rings. The number of rotatable bonds is 3. The third kappa shape index (κ3) is 3.98. The highest BCUT2D eigenvalue weighted by atomic mass is 32.2. The molecular weight excluding hydrogens is 321 g/mol. The second kappa shape index (κ2) is 6.25. The first-order chi connectivity index (χ1) is 10.2. The molecule has 2 N–H and O–H groups in total. The monoisotopic (exact) mass is 336 g/mol. The van der Waals surface area contributed by atoms with Crippen LogP contribution in [0.15, 0.2) is 29.2 Å². The minimum atomic E-state index is -4.53. The largest absolute Gasteiger partial charge is 0.416 e. The molecule has 0 spiro atoms. The minimum absolute atomic E-state index is 0.308. The number of halogens is 3. The van der Waals surface area contributed by atoms with Gasteiger partial charge < -0.3 is 5.32 Å². The van der Waals surface area contributed by atoms with E-state index in [0.29, 0.717) is 31.5 Å². The van der Waals surface area contributed by atoms with Gasteiger partial charge in [0, 0.05) is 6.54 Å². The maximum atomic E-state index is 12.5. The highest BCUT2D eigenvalue weighted by Crippen LogP contribution is 2.29. The van der Waals surface area contributed by atoms with Gasteiger partial charge in [-0.1, -0.05) is 0 Å². The van der Waals surface area contributed by atoms with Crippen LogP contribution >= 0.6 is 0 Å². The summed E-state index contributed by atoms with van der Waals surface area (Å²) in [6.07, 6.45) is -2.74. The van der Waals surface area contributed by atoms with Crippen LogP contribution < -0.4 is 10.0 Å². The first-order valence-corrected chi connectivity index (χ1v) is 8.16. The van der Waals surface area contributed by atoms with Gasteiger partial charge in [0.05, 0.1) is 10.5 Å². The Hall–Kier alpha value is -1.61. The van der Waals surface area contributed by atoms with Crippen LogP contribution in [0.25, 0.3) is 0 Å². The summed E-state index contributed by atoms with van der Waals surface area (Å²) in [6, 6.07) is 2.23. The van der Waals surface area contributed by atoms with Crippen LogP contribution in [0.1, 0.15) is 24.8 Å². The topological polar surface area (TPSA) is 75.3 Å². The van der Waals surface area contributed by atoms with E-state index in [1.807, 2.05) is 0 Å². The number of sulfonamides is 1. The molecule has 0 aromatic heterocycles. The van der Waals surface area contributed by atoms with Crippen molar-refractivity contribution in [3.63, 3.8) is 0 Å². The number of nitrogens with one attached hydrogen (secondary N) is 2. The lowest BCUT2D eigenvalue weighted by Gasteiger charge is -2.15. The fourth-order valence-corrected chi connectivity index (χ4v) is 3.36. The summed E-state index contributed by atoms with van der Waals surface area (Å²) in [7, 11) is -4.05. The minimum Gasteiger partial charge on any atom is -0.355 e. The Bertz CT molecular complexity index is 641. The van der Waals surface area contributed by atoms with Gasteiger partial charge in [-0.15, -0.1) is 0 Å². The quantitative estimate of drug-likeness (QED) is 0.881. The fraction of sp³-hybridized carbons (Fsp3) is 0.462. The molecule has 1 saturated heterocycles. The lowest BCUT2D eigenvalue weighted by molar-refractivity contribution is -0.137. The zero-order valence-corrected chi connectivity index (χ0v) is 12.3. The van der Waals surface area contributed by atoms with Crippen LogP contribution in [-0.2, 0) is 21.0 Å². The zero-order valence-electron chi connectivity index (χ0n) is 11.5. The molecule has 0 bridgehead atoms. The molecule has 1 aliphatic rings. The summed E-state index contributed by atoms with van der Waals surface area (Å²) >= 11 is 0. The molecule has 0 aliphatic carbocycles. The molecule has 1 aliphatic heterocycles. The van der Waals surface area contributed by atoms with Crippen molar-refractivity contribution < 1.29 is 26.4 Å². The van der Waals surface area contributed by atoms with Gasteiger partial charge in [0.25, 0.3) is 0 Å². The first-order valence-electron chi connectivity index (χ1n) is 6.67. The summed E-state index contributed by atoms with van der Waals surface area (Å²) < 4.78 is 63.9. The van der Waals surface area contributed by atoms with Crippen molar-refractivity contribution in [2.75, 3.05) is 6.54 Å². The van der Waals surface area contributed by atoms with Gasteiger partial charge in [0.15, 0.2) is 0 Å². The summed E-state index contributed by atoms with van der Waals surface area (Å²) in [5.41, 5.74) is -0.932. The number of hydrogen-bond acceptors (Lipinski definition) is 3. The molecule has 1 heterocycles. The van der Waals surface area contributed by atoms with Crippen molar-refractivity contribution in [2.45, 2.75) is 36.4 Å². The van der Waals surface area contributed by atoms with Crippen LogP contribution in [0.5, 0.6) is 0 Å². The van der Waals surface area contributed by atoms with Crippen molar-refractivity contribution in [3.05, 3.63) is 29.8 Å². The number of alkyl halides is 3. The van der Waals surface area contributed by atoms with Crippen LogP contribution in [0, 0.1) is 0 Å². The van der Waals surface area contributed by atoms with Crippen molar-refractivity contribution in [1.29, 1.82) is 0 Å². The third-order valence-corrected chi connectivity index (χ3v) is 4.81. The van der Waals surface area contributed by atoms with E-state index in [-0.39, 0.29) is 4.90 Å². The number of hydrogen-bond donors (Lipinski definition) is 2. The van der Waals surface area contributed by atoms with E-state index in [9.17, 15) is 26.4 Å². The van der Waals surface area contributed by atoms with Crippen molar-refractivity contribution >= 4 is 15.9 Å². The summed E-state index contributed by atoms with van der Waals surface area (Å²) in [4.78, 5) is 11.4. The van der Waals surface area contributed by atoms with Gasteiger partial charge in [0.2, 0.25) is 15.9 Å². The molecule has 22 heavy (non-hydrogen) atoms. The Morgan fingerprint density at radius 1 is 1.14 bits per heavy atom. The van der Waals surface area contributed by atoms with Crippen molar-refractivity contribution in [3.8, 4) is 0 Å². The van der Waals surface area contributed by atoms with Crippen LogP contribution in [0.2, 0.25) is 0 Å². The molecule has 1 atom stereocenters. The van der Waals surface area contributed by atoms with Gasteiger partial charge in [0.1, 0.15) is 6.04 Å². The molecule has 9 heteroatoms. The SMILES string of the molecule is O=C1NCCCCC1NS(=O)(=O)c1ccc(C(F)(F)F)cc1. The third-order valence-electron chi connectivity index (χ3n) is 3.32. The van der Waals surface area contributed by atoms with Gasteiger partial charge >= 0.3 is 6.18 Å². The molecule has 2 rings (SSSR count). The summed E-state index contributed by atoms with van der Waals surface area (Å²) in [6.45, 7) is 0.483. The Morgan fingerprint density at radius 2 is 1.77 bits per heavy atom. The second-order valence-corrected chi connectivity index (χ2v) is 6.70. The Kier molecular flexibility index (Phi) is 4.76. The Morgan fingerprint density at radius 3 is 2.36 bits per heavy atom. The van der Waals surface area contributed by atoms with Crippen LogP contribution in [0.3, 0.4) is 0 Å². The van der Waals surface area contributed by atoms with E-state index < -0.39 is 33.7 Å². The Labute approximate surface area is 125 Å². The van der Waals surface area contributed by atoms with Crippen molar-refractivity contribution in [1.82, 2.24) is 10.0 Å². The maximum absolute atomic E-state index is 12.5. The number of benzene rings is 1.